The van der Waals surface area contributed by atoms with E-state index in [0.29, 0.717) is 6.54 Å². The first kappa shape index (κ1) is 13.2. The molecule has 0 amide bonds. The second-order valence-corrected chi connectivity index (χ2v) is 5.05. The standard InChI is InChI=1S/C15H22N2O/c1-12-5-3-6-14(13(12)2)15(18)11-17-9-4-7-16-8-10-17/h3,5-6,16H,4,7-11H2,1-2H3. The number of benzene rings is 1. The molecule has 2 rings (SSSR count). The highest BCUT2D eigenvalue weighted by molar-refractivity contribution is 5.99. The smallest absolute Gasteiger partial charge is 0.177 e. The molecule has 1 fully saturated rings. The summed E-state index contributed by atoms with van der Waals surface area (Å²) in [4.78, 5) is 14.6. The Morgan fingerprint density at radius 1 is 1.28 bits per heavy atom. The van der Waals surface area contributed by atoms with Crippen LogP contribution in [0.4, 0.5) is 0 Å². The van der Waals surface area contributed by atoms with Crippen molar-refractivity contribution in [2.24, 2.45) is 0 Å². The molecule has 0 aromatic heterocycles. The number of ketones is 1. The minimum Gasteiger partial charge on any atom is -0.315 e. The van der Waals surface area contributed by atoms with Crippen molar-refractivity contribution in [3.05, 3.63) is 34.9 Å². The van der Waals surface area contributed by atoms with E-state index < -0.39 is 0 Å². The number of nitrogens with zero attached hydrogens (tertiary/aromatic N) is 1. The fraction of sp³-hybridized carbons (Fsp3) is 0.533. The number of aryl methyl sites for hydroxylation is 1. The van der Waals surface area contributed by atoms with Crippen LogP contribution in [0.25, 0.3) is 0 Å². The van der Waals surface area contributed by atoms with E-state index in [1.807, 2.05) is 19.1 Å². The maximum atomic E-state index is 12.3. The third kappa shape index (κ3) is 3.18. The van der Waals surface area contributed by atoms with Gasteiger partial charge in [-0.05, 0) is 44.5 Å². The Kier molecular flexibility index (Phi) is 4.50. The van der Waals surface area contributed by atoms with Crippen molar-refractivity contribution in [1.82, 2.24) is 10.2 Å². The lowest BCUT2D eigenvalue weighted by Crippen LogP contribution is -2.33. The van der Waals surface area contributed by atoms with Crippen LogP contribution in [0.5, 0.6) is 0 Å². The van der Waals surface area contributed by atoms with Gasteiger partial charge >= 0.3 is 0 Å². The van der Waals surface area contributed by atoms with Gasteiger partial charge in [0.1, 0.15) is 0 Å². The Morgan fingerprint density at radius 2 is 2.11 bits per heavy atom. The number of hydrogen-bond acceptors (Lipinski definition) is 3. The van der Waals surface area contributed by atoms with Crippen LogP contribution in [0.15, 0.2) is 18.2 Å². The Bertz CT molecular complexity index is 421. The largest absolute Gasteiger partial charge is 0.315 e. The van der Waals surface area contributed by atoms with Gasteiger partial charge in [-0.15, -0.1) is 0 Å². The number of Topliss-reactive ketones (excluding diaryl/α,β-unsaturated/α-hetero) is 1. The van der Waals surface area contributed by atoms with Gasteiger partial charge in [0.25, 0.3) is 0 Å². The zero-order chi connectivity index (χ0) is 13.0. The summed E-state index contributed by atoms with van der Waals surface area (Å²) in [7, 11) is 0. The molecule has 3 nitrogen and oxygen atoms in total. The molecule has 1 N–H and O–H groups in total. The summed E-state index contributed by atoms with van der Waals surface area (Å²) in [5.41, 5.74) is 3.20. The van der Waals surface area contributed by atoms with Gasteiger partial charge in [0, 0.05) is 18.7 Å². The molecule has 98 valence electrons. The second-order valence-electron chi connectivity index (χ2n) is 5.05. The summed E-state index contributed by atoms with van der Waals surface area (Å²) in [6.07, 6.45) is 1.13. The van der Waals surface area contributed by atoms with Crippen LogP contribution < -0.4 is 5.32 Å². The lowest BCUT2D eigenvalue weighted by Gasteiger charge is -2.19. The zero-order valence-electron chi connectivity index (χ0n) is 11.3. The molecule has 0 radical (unpaired) electrons. The average molecular weight is 246 g/mol. The summed E-state index contributed by atoms with van der Waals surface area (Å²) in [6.45, 7) is 8.68. The molecule has 1 aliphatic rings. The Morgan fingerprint density at radius 3 is 2.94 bits per heavy atom. The van der Waals surface area contributed by atoms with E-state index in [2.05, 4.69) is 23.2 Å². The molecule has 0 unspecified atom stereocenters. The predicted molar refractivity (Wildman–Crippen MR) is 74.2 cm³/mol. The van der Waals surface area contributed by atoms with Gasteiger partial charge in [-0.2, -0.15) is 0 Å². The van der Waals surface area contributed by atoms with Gasteiger partial charge < -0.3 is 5.32 Å². The van der Waals surface area contributed by atoms with Crippen LogP contribution in [-0.4, -0.2) is 43.4 Å². The first-order chi connectivity index (χ1) is 8.68. The zero-order valence-corrected chi connectivity index (χ0v) is 11.3. The maximum absolute atomic E-state index is 12.3. The van der Waals surface area contributed by atoms with Crippen molar-refractivity contribution in [3.63, 3.8) is 0 Å². The fourth-order valence-electron chi connectivity index (χ4n) is 2.40. The van der Waals surface area contributed by atoms with Crippen molar-refractivity contribution in [1.29, 1.82) is 0 Å². The van der Waals surface area contributed by atoms with E-state index in [1.54, 1.807) is 0 Å². The maximum Gasteiger partial charge on any atom is 0.177 e. The van der Waals surface area contributed by atoms with Crippen LogP contribution in [0.2, 0.25) is 0 Å². The molecule has 0 spiro atoms. The van der Waals surface area contributed by atoms with E-state index >= 15 is 0 Å². The molecule has 0 saturated carbocycles. The van der Waals surface area contributed by atoms with E-state index in [1.165, 1.54) is 5.56 Å². The number of nitrogens with one attached hydrogen (secondary N) is 1. The van der Waals surface area contributed by atoms with Crippen molar-refractivity contribution in [3.8, 4) is 0 Å². The monoisotopic (exact) mass is 246 g/mol. The average Bonchev–Trinajstić information content (AvgIpc) is 2.61. The second kappa shape index (κ2) is 6.12. The number of rotatable bonds is 3. The number of hydrogen-bond donors (Lipinski definition) is 1. The highest BCUT2D eigenvalue weighted by Gasteiger charge is 2.15. The molecule has 0 atom stereocenters. The van der Waals surface area contributed by atoms with Gasteiger partial charge in [-0.1, -0.05) is 18.2 Å². The van der Waals surface area contributed by atoms with Crippen molar-refractivity contribution >= 4 is 5.78 Å². The minimum absolute atomic E-state index is 0.248. The van der Waals surface area contributed by atoms with Crippen LogP contribution in [0.1, 0.15) is 27.9 Å². The molecular weight excluding hydrogens is 224 g/mol. The van der Waals surface area contributed by atoms with Crippen LogP contribution in [-0.2, 0) is 0 Å². The lowest BCUT2D eigenvalue weighted by atomic mass is 10.00. The lowest BCUT2D eigenvalue weighted by molar-refractivity contribution is 0.0934. The molecule has 0 aliphatic carbocycles. The summed E-state index contributed by atoms with van der Waals surface area (Å²) < 4.78 is 0. The number of carbonyl (C=O) groups is 1. The molecule has 1 aliphatic heterocycles. The Labute approximate surface area is 109 Å². The molecule has 18 heavy (non-hydrogen) atoms. The molecule has 3 heteroatoms. The molecule has 1 aromatic rings. The third-order valence-corrected chi connectivity index (χ3v) is 3.70. The fourth-order valence-corrected chi connectivity index (χ4v) is 2.40. The van der Waals surface area contributed by atoms with Crippen molar-refractivity contribution in [2.75, 3.05) is 32.7 Å². The van der Waals surface area contributed by atoms with Gasteiger partial charge in [0.15, 0.2) is 5.78 Å². The Hall–Kier alpha value is -1.19. The molecule has 1 heterocycles. The molecule has 1 saturated heterocycles. The highest BCUT2D eigenvalue weighted by Crippen LogP contribution is 2.14. The first-order valence-corrected chi connectivity index (χ1v) is 6.71. The van der Waals surface area contributed by atoms with Gasteiger partial charge in [-0.25, -0.2) is 0 Å². The Balaban J connectivity index is 2.04. The van der Waals surface area contributed by atoms with Crippen molar-refractivity contribution < 1.29 is 4.79 Å². The van der Waals surface area contributed by atoms with E-state index in [4.69, 9.17) is 0 Å². The van der Waals surface area contributed by atoms with Crippen LogP contribution in [0, 0.1) is 13.8 Å². The quantitative estimate of drug-likeness (QED) is 0.825. The number of carbonyl (C=O) groups excluding carboxylic acids is 1. The highest BCUT2D eigenvalue weighted by atomic mass is 16.1. The third-order valence-electron chi connectivity index (χ3n) is 3.70. The normalized spacial score (nSPS) is 17.4. The van der Waals surface area contributed by atoms with Crippen LogP contribution >= 0.6 is 0 Å². The van der Waals surface area contributed by atoms with Crippen molar-refractivity contribution in [2.45, 2.75) is 20.3 Å². The minimum atomic E-state index is 0.248. The molecule has 0 bridgehead atoms. The van der Waals surface area contributed by atoms with Crippen LogP contribution in [0.3, 0.4) is 0 Å². The predicted octanol–water partition coefficient (Wildman–Crippen LogP) is 1.78. The summed E-state index contributed by atoms with van der Waals surface area (Å²) in [5.74, 6) is 0.248. The molecular formula is C15H22N2O. The summed E-state index contributed by atoms with van der Waals surface area (Å²) in [6, 6.07) is 5.97. The van der Waals surface area contributed by atoms with Gasteiger partial charge in [0.05, 0.1) is 6.54 Å². The summed E-state index contributed by atoms with van der Waals surface area (Å²) >= 11 is 0. The van der Waals surface area contributed by atoms with E-state index in [9.17, 15) is 4.79 Å². The van der Waals surface area contributed by atoms with E-state index in [-0.39, 0.29) is 5.78 Å². The van der Waals surface area contributed by atoms with Gasteiger partial charge in [-0.3, -0.25) is 9.69 Å². The SMILES string of the molecule is Cc1cccc(C(=O)CN2CCCNCC2)c1C. The molecule has 1 aromatic carbocycles. The topological polar surface area (TPSA) is 32.3 Å². The van der Waals surface area contributed by atoms with E-state index in [0.717, 1.165) is 43.7 Å². The summed E-state index contributed by atoms with van der Waals surface area (Å²) in [5, 5.41) is 3.36. The van der Waals surface area contributed by atoms with Gasteiger partial charge in [0.2, 0.25) is 0 Å². The first-order valence-electron chi connectivity index (χ1n) is 6.71.